The summed E-state index contributed by atoms with van der Waals surface area (Å²) in [5, 5.41) is 0. The molecule has 2 N–H and O–H groups in total. The van der Waals surface area contributed by atoms with Crippen LogP contribution in [0.1, 0.15) is 26.5 Å². The maximum atomic E-state index is 13.1. The van der Waals surface area contributed by atoms with Crippen LogP contribution < -0.4 is 5.73 Å². The van der Waals surface area contributed by atoms with Gasteiger partial charge in [-0.2, -0.15) is 0 Å². The Morgan fingerprint density at radius 2 is 1.80 bits per heavy atom. The van der Waals surface area contributed by atoms with Crippen LogP contribution in [0.5, 0.6) is 0 Å². The number of rotatable bonds is 5. The molecule has 0 radical (unpaired) electrons. The third-order valence-corrected chi connectivity index (χ3v) is 4.70. The van der Waals surface area contributed by atoms with Gasteiger partial charge in [0.25, 0.3) is 11.8 Å². The fourth-order valence-corrected chi connectivity index (χ4v) is 3.22. The summed E-state index contributed by atoms with van der Waals surface area (Å²) in [5.41, 5.74) is 8.04. The zero-order valence-electron chi connectivity index (χ0n) is 16.1. The summed E-state index contributed by atoms with van der Waals surface area (Å²) in [7, 11) is 1.63. The van der Waals surface area contributed by atoms with Crippen molar-refractivity contribution in [2.75, 3.05) is 7.05 Å². The Bertz CT molecular complexity index is 1240. The number of halogens is 1. The normalized spacial score (nSPS) is 10.9. The molecule has 0 fully saturated rings. The maximum absolute atomic E-state index is 13.1. The van der Waals surface area contributed by atoms with Gasteiger partial charge in [0, 0.05) is 13.6 Å². The number of carbonyl (C=O) groups is 2. The standard InChI is InChI=1S/C22H18FN5O2/c1-27(12-14-7-9-16(23)10-8-14)22(30)17-11-18(15-5-3-2-4-6-15)28-13-25-19(20(24)29)21(28)26-17/h2-11,13H,12H2,1H3,(H2,24,29). The topological polar surface area (TPSA) is 93.6 Å². The monoisotopic (exact) mass is 403 g/mol. The fraction of sp³-hybridized carbons (Fsp3) is 0.0909. The third-order valence-electron chi connectivity index (χ3n) is 4.70. The first-order valence-corrected chi connectivity index (χ1v) is 9.17. The Hall–Kier alpha value is -4.07. The molecule has 0 aliphatic carbocycles. The number of nitrogens with two attached hydrogens (primary N) is 1. The number of carbonyl (C=O) groups excluding carboxylic acids is 2. The van der Waals surface area contributed by atoms with Gasteiger partial charge in [0.2, 0.25) is 0 Å². The van der Waals surface area contributed by atoms with E-state index in [1.54, 1.807) is 29.6 Å². The smallest absolute Gasteiger partial charge is 0.272 e. The number of hydrogen-bond donors (Lipinski definition) is 1. The average Bonchev–Trinajstić information content (AvgIpc) is 3.19. The van der Waals surface area contributed by atoms with Crippen molar-refractivity contribution in [1.82, 2.24) is 19.3 Å². The van der Waals surface area contributed by atoms with Crippen LogP contribution in [0.25, 0.3) is 16.9 Å². The number of fused-ring (bicyclic) bond motifs is 1. The molecular formula is C22H18FN5O2. The van der Waals surface area contributed by atoms with Gasteiger partial charge < -0.3 is 10.6 Å². The summed E-state index contributed by atoms with van der Waals surface area (Å²) in [5.74, 6) is -1.42. The van der Waals surface area contributed by atoms with Crippen LogP contribution in [0.2, 0.25) is 0 Å². The molecule has 0 bridgehead atoms. The van der Waals surface area contributed by atoms with Gasteiger partial charge in [-0.25, -0.2) is 14.4 Å². The molecule has 150 valence electrons. The number of primary amides is 1. The first-order valence-electron chi connectivity index (χ1n) is 9.17. The van der Waals surface area contributed by atoms with E-state index in [4.69, 9.17) is 5.73 Å². The van der Waals surface area contributed by atoms with E-state index in [0.717, 1.165) is 11.1 Å². The third kappa shape index (κ3) is 3.62. The summed E-state index contributed by atoms with van der Waals surface area (Å²) >= 11 is 0. The number of hydrogen-bond acceptors (Lipinski definition) is 4. The number of nitrogens with zero attached hydrogens (tertiary/aromatic N) is 4. The molecule has 0 aliphatic heterocycles. The van der Waals surface area contributed by atoms with Crippen LogP contribution >= 0.6 is 0 Å². The molecule has 2 aromatic carbocycles. The van der Waals surface area contributed by atoms with Crippen molar-refractivity contribution < 1.29 is 14.0 Å². The zero-order chi connectivity index (χ0) is 21.3. The van der Waals surface area contributed by atoms with Crippen LogP contribution in [0.4, 0.5) is 4.39 Å². The van der Waals surface area contributed by atoms with E-state index in [1.165, 1.54) is 23.4 Å². The van der Waals surface area contributed by atoms with Gasteiger partial charge in [0.05, 0.1) is 5.69 Å². The van der Waals surface area contributed by atoms with Crippen molar-refractivity contribution in [3.63, 3.8) is 0 Å². The van der Waals surface area contributed by atoms with Gasteiger partial charge in [-0.3, -0.25) is 14.0 Å². The maximum Gasteiger partial charge on any atom is 0.272 e. The summed E-state index contributed by atoms with van der Waals surface area (Å²) in [4.78, 5) is 34.8. The van der Waals surface area contributed by atoms with Crippen LogP contribution in [0.15, 0.2) is 67.0 Å². The van der Waals surface area contributed by atoms with E-state index in [1.807, 2.05) is 30.3 Å². The average molecular weight is 403 g/mol. The Balaban J connectivity index is 1.77. The minimum atomic E-state index is -0.728. The fourth-order valence-electron chi connectivity index (χ4n) is 3.22. The lowest BCUT2D eigenvalue weighted by atomic mass is 10.1. The second kappa shape index (κ2) is 7.75. The Kier molecular flexibility index (Phi) is 4.97. The van der Waals surface area contributed by atoms with E-state index in [-0.39, 0.29) is 35.3 Å². The van der Waals surface area contributed by atoms with Crippen LogP contribution in [-0.2, 0) is 6.54 Å². The summed E-state index contributed by atoms with van der Waals surface area (Å²) < 4.78 is 14.8. The number of aromatic nitrogens is 3. The summed E-state index contributed by atoms with van der Waals surface area (Å²) in [6.07, 6.45) is 1.46. The van der Waals surface area contributed by atoms with Crippen molar-refractivity contribution in [3.8, 4) is 11.3 Å². The predicted molar refractivity (Wildman–Crippen MR) is 109 cm³/mol. The highest BCUT2D eigenvalue weighted by atomic mass is 19.1. The lowest BCUT2D eigenvalue weighted by Crippen LogP contribution is -2.27. The molecule has 0 saturated heterocycles. The van der Waals surface area contributed by atoms with Crippen LogP contribution in [0.3, 0.4) is 0 Å². The molecule has 8 heteroatoms. The number of benzene rings is 2. The van der Waals surface area contributed by atoms with Gasteiger partial charge in [-0.1, -0.05) is 42.5 Å². The van der Waals surface area contributed by atoms with Crippen molar-refractivity contribution in [2.45, 2.75) is 6.54 Å². The molecule has 30 heavy (non-hydrogen) atoms. The minimum Gasteiger partial charge on any atom is -0.364 e. The molecule has 7 nitrogen and oxygen atoms in total. The Labute approximate surface area is 171 Å². The van der Waals surface area contributed by atoms with Gasteiger partial charge in [0.15, 0.2) is 11.3 Å². The first-order chi connectivity index (χ1) is 14.4. The van der Waals surface area contributed by atoms with Gasteiger partial charge in [0.1, 0.15) is 17.8 Å². The molecule has 0 aliphatic rings. The van der Waals surface area contributed by atoms with Crippen LogP contribution in [-0.4, -0.2) is 38.1 Å². The highest BCUT2D eigenvalue weighted by Crippen LogP contribution is 2.23. The second-order valence-corrected chi connectivity index (χ2v) is 6.83. The highest BCUT2D eigenvalue weighted by molar-refractivity contribution is 5.99. The highest BCUT2D eigenvalue weighted by Gasteiger charge is 2.21. The zero-order valence-corrected chi connectivity index (χ0v) is 16.1. The van der Waals surface area contributed by atoms with Crippen molar-refractivity contribution in [1.29, 1.82) is 0 Å². The molecule has 2 heterocycles. The molecule has 2 amide bonds. The largest absolute Gasteiger partial charge is 0.364 e. The van der Waals surface area contributed by atoms with E-state index in [0.29, 0.717) is 5.69 Å². The van der Waals surface area contributed by atoms with E-state index in [2.05, 4.69) is 9.97 Å². The predicted octanol–water partition coefficient (Wildman–Crippen LogP) is 2.91. The van der Waals surface area contributed by atoms with Gasteiger partial charge in [-0.05, 0) is 29.3 Å². The van der Waals surface area contributed by atoms with Crippen molar-refractivity contribution in [3.05, 3.63) is 89.8 Å². The molecule has 0 unspecified atom stereocenters. The molecule has 0 spiro atoms. The van der Waals surface area contributed by atoms with E-state index < -0.39 is 5.91 Å². The molecule has 4 aromatic rings. The van der Waals surface area contributed by atoms with Crippen molar-refractivity contribution >= 4 is 17.5 Å². The molecule has 2 aromatic heterocycles. The van der Waals surface area contributed by atoms with Crippen LogP contribution in [0, 0.1) is 5.82 Å². The van der Waals surface area contributed by atoms with E-state index in [9.17, 15) is 14.0 Å². The van der Waals surface area contributed by atoms with Gasteiger partial charge >= 0.3 is 0 Å². The number of amides is 2. The minimum absolute atomic E-state index is 0.0111. The first kappa shape index (κ1) is 19.3. The molecule has 4 rings (SSSR count). The molecule has 0 atom stereocenters. The quantitative estimate of drug-likeness (QED) is 0.554. The van der Waals surface area contributed by atoms with Gasteiger partial charge in [-0.15, -0.1) is 0 Å². The van der Waals surface area contributed by atoms with E-state index >= 15 is 0 Å². The Morgan fingerprint density at radius 1 is 1.10 bits per heavy atom. The molecule has 0 saturated carbocycles. The number of imidazole rings is 1. The van der Waals surface area contributed by atoms with Crippen molar-refractivity contribution in [2.24, 2.45) is 5.73 Å². The lowest BCUT2D eigenvalue weighted by molar-refractivity contribution is 0.0779. The second-order valence-electron chi connectivity index (χ2n) is 6.83. The summed E-state index contributed by atoms with van der Waals surface area (Å²) in [6, 6.07) is 17.0. The summed E-state index contributed by atoms with van der Waals surface area (Å²) in [6.45, 7) is 0.272. The molecular weight excluding hydrogens is 385 g/mol. The Morgan fingerprint density at radius 3 is 2.47 bits per heavy atom. The SMILES string of the molecule is CN(Cc1ccc(F)cc1)C(=O)c1cc(-c2ccccc2)n2cnc(C(N)=O)c2n1. The lowest BCUT2D eigenvalue weighted by Gasteiger charge is -2.18.